The second-order valence-corrected chi connectivity index (χ2v) is 33.6. The number of carbonyl (C=O) groups excluding carboxylic acids is 4. The van der Waals surface area contributed by atoms with Crippen LogP contribution in [0.25, 0.3) is 0 Å². The molecule has 0 spiro atoms. The zero-order chi connectivity index (χ0) is 75.5. The molecule has 0 bridgehead atoms. The molecule has 0 rings (SSSR count). The van der Waals surface area contributed by atoms with Crippen LogP contribution in [-0.4, -0.2) is 96.7 Å². The first kappa shape index (κ1) is 101. The van der Waals surface area contributed by atoms with E-state index in [1.54, 1.807) is 0 Å². The first-order valence-electron chi connectivity index (χ1n) is 43.6. The molecule has 17 nitrogen and oxygen atoms in total. The average Bonchev–Trinajstić information content (AvgIpc) is 0.913. The van der Waals surface area contributed by atoms with Gasteiger partial charge in [-0.1, -0.05) is 401 Å². The normalized spacial score (nSPS) is 13.8. The third kappa shape index (κ3) is 78.0. The van der Waals surface area contributed by atoms with Crippen molar-refractivity contribution >= 4 is 39.5 Å². The van der Waals surface area contributed by atoms with E-state index in [9.17, 15) is 43.2 Å². The summed E-state index contributed by atoms with van der Waals surface area (Å²) >= 11 is 0. The van der Waals surface area contributed by atoms with Crippen LogP contribution in [0.4, 0.5) is 0 Å². The van der Waals surface area contributed by atoms with Crippen LogP contribution in [0, 0.1) is 5.92 Å². The highest BCUT2D eigenvalue weighted by molar-refractivity contribution is 7.47. The van der Waals surface area contributed by atoms with Crippen molar-refractivity contribution in [3.05, 3.63) is 0 Å². The minimum absolute atomic E-state index is 0.106. The van der Waals surface area contributed by atoms with Gasteiger partial charge in [0, 0.05) is 25.7 Å². The predicted molar refractivity (Wildman–Crippen MR) is 423 cm³/mol. The van der Waals surface area contributed by atoms with Gasteiger partial charge < -0.3 is 33.8 Å². The topological polar surface area (TPSA) is 237 Å². The minimum atomic E-state index is -4.96. The molecule has 0 fully saturated rings. The molecule has 103 heavy (non-hydrogen) atoms. The summed E-state index contributed by atoms with van der Waals surface area (Å²) < 4.78 is 68.8. The van der Waals surface area contributed by atoms with E-state index in [0.717, 1.165) is 95.8 Å². The van der Waals surface area contributed by atoms with Gasteiger partial charge in [-0.25, -0.2) is 9.13 Å². The number of hydrogen-bond donors (Lipinski definition) is 3. The number of ether oxygens (including phenoxy) is 4. The summed E-state index contributed by atoms with van der Waals surface area (Å²) in [6.07, 6.45) is 69.5. The molecule has 3 N–H and O–H groups in total. The smallest absolute Gasteiger partial charge is 0.462 e. The molecule has 0 heterocycles. The van der Waals surface area contributed by atoms with Gasteiger partial charge in [-0.15, -0.1) is 0 Å². The fourth-order valence-electron chi connectivity index (χ4n) is 13.1. The number of phosphoric ester groups is 2. The molecule has 0 aromatic rings. The van der Waals surface area contributed by atoms with Gasteiger partial charge in [0.15, 0.2) is 12.2 Å². The van der Waals surface area contributed by atoms with Crippen molar-refractivity contribution in [1.29, 1.82) is 0 Å². The van der Waals surface area contributed by atoms with Gasteiger partial charge in [-0.05, 0) is 31.6 Å². The van der Waals surface area contributed by atoms with E-state index in [4.69, 9.17) is 37.0 Å². The Morgan fingerprint density at radius 1 is 0.262 bits per heavy atom. The Hall–Kier alpha value is -1.94. The largest absolute Gasteiger partial charge is 0.472 e. The summed E-state index contributed by atoms with van der Waals surface area (Å²) in [5, 5.41) is 10.7. The van der Waals surface area contributed by atoms with E-state index in [2.05, 4.69) is 34.6 Å². The van der Waals surface area contributed by atoms with Crippen molar-refractivity contribution in [2.75, 3.05) is 39.6 Å². The maximum atomic E-state index is 13.1. The van der Waals surface area contributed by atoms with E-state index in [1.165, 1.54) is 276 Å². The highest BCUT2D eigenvalue weighted by atomic mass is 31.2. The lowest BCUT2D eigenvalue weighted by atomic mass is 10.0. The van der Waals surface area contributed by atoms with Gasteiger partial charge in [0.25, 0.3) is 0 Å². The predicted octanol–water partition coefficient (Wildman–Crippen LogP) is 25.6. The minimum Gasteiger partial charge on any atom is -0.462 e. The van der Waals surface area contributed by atoms with Crippen LogP contribution in [0.2, 0.25) is 0 Å². The van der Waals surface area contributed by atoms with Gasteiger partial charge >= 0.3 is 39.5 Å². The molecular formula is C84H164O17P2. The maximum Gasteiger partial charge on any atom is 0.472 e. The Morgan fingerprint density at radius 2 is 0.447 bits per heavy atom. The zero-order valence-corrected chi connectivity index (χ0v) is 69.3. The fraction of sp³-hybridized carbons (Fsp3) is 0.952. The number of esters is 4. The molecule has 0 aromatic carbocycles. The Labute approximate surface area is 632 Å². The monoisotopic (exact) mass is 1510 g/mol. The molecule has 0 saturated carbocycles. The van der Waals surface area contributed by atoms with E-state index in [-0.39, 0.29) is 25.7 Å². The Bertz CT molecular complexity index is 1960. The molecular weight excluding hydrogens is 1340 g/mol. The second-order valence-electron chi connectivity index (χ2n) is 30.7. The first-order valence-corrected chi connectivity index (χ1v) is 46.6. The third-order valence-corrected chi connectivity index (χ3v) is 21.7. The van der Waals surface area contributed by atoms with Gasteiger partial charge in [0.1, 0.15) is 19.3 Å². The molecule has 0 aliphatic rings. The average molecular weight is 1510 g/mol. The highest BCUT2D eigenvalue weighted by Crippen LogP contribution is 2.45. The molecule has 0 radical (unpaired) electrons. The van der Waals surface area contributed by atoms with Crippen molar-refractivity contribution in [3.63, 3.8) is 0 Å². The van der Waals surface area contributed by atoms with E-state index in [1.807, 2.05) is 0 Å². The van der Waals surface area contributed by atoms with Gasteiger partial charge in [0.05, 0.1) is 26.4 Å². The lowest BCUT2D eigenvalue weighted by Crippen LogP contribution is -2.30. The standard InChI is InChI=1S/C84H164O17P2/c1-6-9-12-15-18-21-24-26-28-30-32-33-34-35-37-39-41-44-49-54-59-64-69-83(88)100-79(73-95-82(87)68-63-58-53-48-43-40-38-36-31-29-27-25-22-19-16-13-10-7-2)75-98-102(90,91)96-71-78(85)72-97-103(92,93)99-76-80(74-94-81(86)67-62-57-52-47-42-23-20-17-14-11-8-3)101-84(89)70-65-60-55-50-45-46-51-56-61-66-77(4)5/h77-80,85H,6-76H2,1-5H3,(H,90,91)(H,92,93)/t78-,79-,80-/m1/s1. The van der Waals surface area contributed by atoms with Crippen LogP contribution in [0.15, 0.2) is 0 Å². The quantitative estimate of drug-likeness (QED) is 0.0222. The summed E-state index contributed by atoms with van der Waals surface area (Å²) in [5.74, 6) is -1.37. The molecule has 0 aliphatic carbocycles. The van der Waals surface area contributed by atoms with Gasteiger partial charge in [-0.2, -0.15) is 0 Å². The first-order chi connectivity index (χ1) is 50.0. The summed E-state index contributed by atoms with van der Waals surface area (Å²) in [7, 11) is -9.92. The third-order valence-electron chi connectivity index (χ3n) is 19.8. The van der Waals surface area contributed by atoms with Crippen molar-refractivity contribution in [2.24, 2.45) is 5.92 Å². The van der Waals surface area contributed by atoms with Crippen LogP contribution in [0.3, 0.4) is 0 Å². The maximum absolute atomic E-state index is 13.1. The van der Waals surface area contributed by atoms with E-state index in [0.29, 0.717) is 25.7 Å². The summed E-state index contributed by atoms with van der Waals surface area (Å²) in [5.41, 5.74) is 0. The van der Waals surface area contributed by atoms with Crippen LogP contribution in [0.5, 0.6) is 0 Å². The second kappa shape index (κ2) is 76.8. The fourth-order valence-corrected chi connectivity index (χ4v) is 14.7. The van der Waals surface area contributed by atoms with Crippen LogP contribution < -0.4 is 0 Å². The number of phosphoric acid groups is 2. The SMILES string of the molecule is CCCCCCCCCCCCCCCCCCCCCCCCC(=O)O[C@H](COC(=O)CCCCCCCCCCCCCCCCCCCC)COP(=O)(O)OC[C@@H](O)COP(=O)(O)OC[C@@H](COC(=O)CCCCCCCCCCCCC)OC(=O)CCCCCCCCCCCC(C)C. The van der Waals surface area contributed by atoms with Crippen LogP contribution in [0.1, 0.15) is 452 Å². The molecule has 612 valence electrons. The van der Waals surface area contributed by atoms with Crippen LogP contribution in [-0.2, 0) is 65.4 Å². The summed E-state index contributed by atoms with van der Waals surface area (Å²) in [4.78, 5) is 73.1. The van der Waals surface area contributed by atoms with Gasteiger partial charge in [-0.3, -0.25) is 37.3 Å². The number of hydrogen-bond acceptors (Lipinski definition) is 15. The van der Waals surface area contributed by atoms with Crippen molar-refractivity contribution in [3.8, 4) is 0 Å². The van der Waals surface area contributed by atoms with E-state index >= 15 is 0 Å². The Morgan fingerprint density at radius 3 is 0.660 bits per heavy atom. The molecule has 0 amide bonds. The lowest BCUT2D eigenvalue weighted by molar-refractivity contribution is -0.161. The summed E-state index contributed by atoms with van der Waals surface area (Å²) in [6.45, 7) is 7.32. The lowest BCUT2D eigenvalue weighted by Gasteiger charge is -2.21. The number of aliphatic hydroxyl groups is 1. The Kier molecular flexibility index (Phi) is 75.4. The number of unbranched alkanes of at least 4 members (excludes halogenated alkanes) is 56. The van der Waals surface area contributed by atoms with Crippen LogP contribution >= 0.6 is 15.6 Å². The summed E-state index contributed by atoms with van der Waals surface area (Å²) in [6, 6.07) is 0. The van der Waals surface area contributed by atoms with Crippen molar-refractivity contribution < 1.29 is 80.2 Å². The molecule has 0 saturated heterocycles. The zero-order valence-electron chi connectivity index (χ0n) is 67.5. The molecule has 19 heteroatoms. The van der Waals surface area contributed by atoms with Crippen molar-refractivity contribution in [2.45, 2.75) is 470 Å². The van der Waals surface area contributed by atoms with Crippen molar-refractivity contribution in [1.82, 2.24) is 0 Å². The molecule has 0 aliphatic heterocycles. The number of rotatable bonds is 84. The number of aliphatic hydroxyl groups excluding tert-OH is 1. The molecule has 0 aromatic heterocycles. The molecule has 5 atom stereocenters. The van der Waals surface area contributed by atoms with E-state index < -0.39 is 97.5 Å². The highest BCUT2D eigenvalue weighted by Gasteiger charge is 2.30. The molecule has 2 unspecified atom stereocenters. The number of carbonyl (C=O) groups is 4. The van der Waals surface area contributed by atoms with Gasteiger partial charge in [0.2, 0.25) is 0 Å². The Balaban J connectivity index is 5.21.